The van der Waals surface area contributed by atoms with Crippen LogP contribution in [0.5, 0.6) is 0 Å². The second kappa shape index (κ2) is 34.9. The summed E-state index contributed by atoms with van der Waals surface area (Å²) in [6.07, 6.45) is 29.5. The summed E-state index contributed by atoms with van der Waals surface area (Å²) in [5.41, 5.74) is -10.6. The van der Waals surface area contributed by atoms with Gasteiger partial charge in [-0.05, 0) is 48.9 Å². The van der Waals surface area contributed by atoms with Crippen LogP contribution >= 0.6 is 0 Å². The lowest BCUT2D eigenvalue weighted by atomic mass is 9.36. The number of hydrogen-bond donors (Lipinski definition) is 1. The molecule has 0 unspecified atom stereocenters. The predicted molar refractivity (Wildman–Crippen MR) is 305 cm³/mol. The monoisotopic (exact) mass is 1450 g/mol. The smallest absolute Gasteiger partial charge is 0.265 e. The van der Waals surface area contributed by atoms with Crippen molar-refractivity contribution in [1.29, 1.82) is 0 Å². The fraction of sp³-hybridized carbons (Fsp3) is 0.338. The lowest BCUT2D eigenvalue weighted by molar-refractivity contribution is 0.380. The van der Waals surface area contributed by atoms with Crippen molar-refractivity contribution in [3.63, 3.8) is 0 Å². The number of H-pyrrole nitrogens is 1. The Morgan fingerprint density at radius 1 is 0.232 bits per heavy atom. The van der Waals surface area contributed by atoms with Crippen LogP contribution in [0.2, 0.25) is 0 Å². The molecule has 0 saturated heterocycles. The van der Waals surface area contributed by atoms with E-state index in [9.17, 15) is 132 Å². The van der Waals surface area contributed by atoms with Crippen LogP contribution in [0.3, 0.4) is 0 Å². The van der Waals surface area contributed by atoms with Crippen LogP contribution in [-0.4, -0.2) is 23.4 Å². The molecule has 8 aromatic rings. The topological polar surface area (TPSA) is 28.7 Å². The minimum atomic E-state index is -3.96. The van der Waals surface area contributed by atoms with E-state index in [1.165, 1.54) is 134 Å². The molecule has 34 heteroatoms. The molecular formula is C65H50B2F30N2. The third-order valence-corrected chi connectivity index (χ3v) is 16.0. The maximum Gasteiger partial charge on any atom is 0.265 e. The van der Waals surface area contributed by atoms with Crippen molar-refractivity contribution in [2.75, 3.05) is 0 Å². The number of aromatic nitrogens is 2. The number of unbranched alkanes of at least 4 members (excludes halogenated alkanes) is 16. The van der Waals surface area contributed by atoms with E-state index >= 15 is 0 Å². The molecular weight excluding hydrogens is 1400 g/mol. The maximum atomic E-state index is 14.4. The van der Waals surface area contributed by atoms with Gasteiger partial charge in [-0.1, -0.05) is 117 Å². The first-order chi connectivity index (χ1) is 46.7. The molecule has 0 fully saturated rings. The second-order valence-corrected chi connectivity index (χ2v) is 22.5. The van der Waals surface area contributed by atoms with Crippen LogP contribution in [0.4, 0.5) is 132 Å². The van der Waals surface area contributed by atoms with Crippen LogP contribution < -0.4 is 32.8 Å². The van der Waals surface area contributed by atoms with Crippen molar-refractivity contribution in [3.05, 3.63) is 204 Å². The largest absolute Gasteiger partial charge is 0.345 e. The van der Waals surface area contributed by atoms with E-state index in [1.54, 1.807) is 11.1 Å². The van der Waals surface area contributed by atoms with E-state index in [-0.39, 0.29) is 0 Å². The number of hydrogen-bond acceptors (Lipinski definition) is 1. The zero-order chi connectivity index (χ0) is 73.9. The zero-order valence-corrected chi connectivity index (χ0v) is 51.3. The quantitative estimate of drug-likeness (QED) is 0.0189. The maximum absolute atomic E-state index is 14.4. The van der Waals surface area contributed by atoms with Crippen LogP contribution in [0.25, 0.3) is 11.0 Å². The molecule has 2 nitrogen and oxygen atoms in total. The van der Waals surface area contributed by atoms with Gasteiger partial charge < -0.3 is 4.98 Å². The number of imidazole rings is 1. The Balaban J connectivity index is 0.000000234. The first-order valence-electron chi connectivity index (χ1n) is 30.2. The standard InChI is InChI=1S/C29H50N2.2C18BF15/c1-3-5-7-9-11-13-15-17-19-21-26-23-28-29(31-25-30-28)24-27(26)22-20-18-16-14-12-10-8-6-4-2;2*20-4-1(5(21)11(27)16(32)10(4)26)19(2-6(22)12(28)17(33)13(29)7(2)23)3-8(24)14(30)18(34)15(31)9(3)25/h23-25H,3-22H2,1-2H3,(H,30,31);;. The highest BCUT2D eigenvalue weighted by atomic mass is 19.2. The van der Waals surface area contributed by atoms with E-state index in [0.29, 0.717) is 0 Å². The summed E-state index contributed by atoms with van der Waals surface area (Å²) in [5.74, 6) is -90.4. The summed E-state index contributed by atoms with van der Waals surface area (Å²) in [4.78, 5) is 7.83. The molecule has 0 aliphatic carbocycles. The van der Waals surface area contributed by atoms with Crippen LogP contribution in [0.1, 0.15) is 141 Å². The molecule has 1 aromatic heterocycles. The van der Waals surface area contributed by atoms with Crippen molar-refractivity contribution >= 4 is 57.2 Å². The molecule has 7 aromatic carbocycles. The first kappa shape index (κ1) is 80.0. The molecule has 99 heavy (non-hydrogen) atoms. The summed E-state index contributed by atoms with van der Waals surface area (Å²) in [7, 11) is 0. The van der Waals surface area contributed by atoms with Crippen molar-refractivity contribution in [2.45, 2.75) is 142 Å². The first-order valence-corrected chi connectivity index (χ1v) is 30.2. The number of aryl methyl sites for hydroxylation is 2. The van der Waals surface area contributed by atoms with Gasteiger partial charge in [0, 0.05) is 32.8 Å². The Kier molecular flexibility index (Phi) is 28.2. The summed E-state index contributed by atoms with van der Waals surface area (Å²) in [6.45, 7) is -3.33. The van der Waals surface area contributed by atoms with Crippen LogP contribution in [0.15, 0.2) is 18.5 Å². The predicted octanol–water partition coefficient (Wildman–Crippen LogP) is 18.3. The molecule has 0 aliphatic heterocycles. The number of halogens is 30. The average Bonchev–Trinajstić information content (AvgIpc) is 1.47. The minimum absolute atomic E-state index is 1.14. The van der Waals surface area contributed by atoms with Gasteiger partial charge in [0.25, 0.3) is 13.4 Å². The van der Waals surface area contributed by atoms with Crippen LogP contribution in [-0.2, 0) is 12.8 Å². The number of nitrogens with zero attached hydrogens (tertiary/aromatic N) is 1. The number of benzene rings is 7. The van der Waals surface area contributed by atoms with Gasteiger partial charge in [-0.25, -0.2) is 137 Å². The molecule has 0 amide bonds. The van der Waals surface area contributed by atoms with Crippen molar-refractivity contribution in [2.24, 2.45) is 0 Å². The summed E-state index contributed by atoms with van der Waals surface area (Å²) in [6, 6.07) is 4.75. The molecule has 1 heterocycles. The summed E-state index contributed by atoms with van der Waals surface area (Å²) in [5, 5.41) is 0. The Morgan fingerprint density at radius 3 is 0.606 bits per heavy atom. The molecule has 0 aliphatic rings. The Labute approximate surface area is 544 Å². The highest BCUT2D eigenvalue weighted by molar-refractivity contribution is 6.96. The third kappa shape index (κ3) is 16.8. The van der Waals surface area contributed by atoms with E-state index in [0.717, 1.165) is 5.52 Å². The average molecular weight is 1450 g/mol. The Morgan fingerprint density at radius 2 is 0.404 bits per heavy atom. The fourth-order valence-corrected chi connectivity index (χ4v) is 10.9. The summed E-state index contributed by atoms with van der Waals surface area (Å²) >= 11 is 0. The molecule has 0 saturated carbocycles. The molecule has 0 radical (unpaired) electrons. The zero-order valence-electron chi connectivity index (χ0n) is 51.3. The molecule has 0 spiro atoms. The van der Waals surface area contributed by atoms with E-state index in [2.05, 4.69) is 35.9 Å². The van der Waals surface area contributed by atoms with Crippen LogP contribution in [0, 0.1) is 175 Å². The summed E-state index contributed by atoms with van der Waals surface area (Å²) < 4.78 is 417. The number of nitrogens with one attached hydrogen (secondary N) is 1. The van der Waals surface area contributed by atoms with Gasteiger partial charge in [-0.2, -0.15) is 0 Å². The van der Waals surface area contributed by atoms with Gasteiger partial charge in [0.05, 0.1) is 17.4 Å². The number of aromatic amines is 1. The van der Waals surface area contributed by atoms with Crippen molar-refractivity contribution in [3.8, 4) is 0 Å². The van der Waals surface area contributed by atoms with E-state index in [4.69, 9.17) is 0 Å². The number of fused-ring (bicyclic) bond motifs is 1. The Hall–Kier alpha value is -7.96. The third-order valence-electron chi connectivity index (χ3n) is 16.0. The van der Waals surface area contributed by atoms with Gasteiger partial charge >= 0.3 is 0 Å². The highest BCUT2D eigenvalue weighted by Gasteiger charge is 2.47. The van der Waals surface area contributed by atoms with Gasteiger partial charge in [0.15, 0.2) is 175 Å². The van der Waals surface area contributed by atoms with Gasteiger partial charge in [-0.15, -0.1) is 0 Å². The highest BCUT2D eigenvalue weighted by Crippen LogP contribution is 2.29. The number of rotatable bonds is 26. The SMILES string of the molecule is CCCCCCCCCCCc1cc2nc[nH]c2cc1CCCCCCCCCCC.Fc1c(F)c(F)c(B(c2c(F)c(F)c(F)c(F)c2F)c2c(F)c(F)c(F)c(F)c2F)c(F)c1F.Fc1c(F)c(F)c(B(c2c(F)c(F)c(F)c(F)c2F)c2c(F)c(F)c(F)c(F)c2F)c(F)c1F. The van der Waals surface area contributed by atoms with Gasteiger partial charge in [0.2, 0.25) is 0 Å². The lowest BCUT2D eigenvalue weighted by Crippen LogP contribution is -2.60. The normalized spacial score (nSPS) is 11.4. The second-order valence-electron chi connectivity index (χ2n) is 22.5. The molecule has 0 bridgehead atoms. The van der Waals surface area contributed by atoms with Gasteiger partial charge in [-0.3, -0.25) is 0 Å². The lowest BCUT2D eigenvalue weighted by Gasteiger charge is -2.21. The van der Waals surface area contributed by atoms with Gasteiger partial charge in [0.1, 0.15) is 0 Å². The molecule has 0 atom stereocenters. The van der Waals surface area contributed by atoms with E-state index < -0.39 is 221 Å². The Bertz CT molecular complexity index is 3490. The molecule has 8 rings (SSSR count). The molecule has 1 N–H and O–H groups in total. The van der Waals surface area contributed by atoms with Crippen molar-refractivity contribution < 1.29 is 132 Å². The minimum Gasteiger partial charge on any atom is -0.345 e. The van der Waals surface area contributed by atoms with Crippen molar-refractivity contribution in [1.82, 2.24) is 9.97 Å². The fourth-order valence-electron chi connectivity index (χ4n) is 10.9. The van der Waals surface area contributed by atoms with E-state index in [1.807, 2.05) is 6.33 Å². The molecule has 536 valence electrons.